The second kappa shape index (κ2) is 7.74. The topological polar surface area (TPSA) is 67.2 Å². The highest BCUT2D eigenvalue weighted by molar-refractivity contribution is 7.09. The number of thiazole rings is 1. The third-order valence-corrected chi connectivity index (χ3v) is 7.20. The van der Waals surface area contributed by atoms with Gasteiger partial charge in [0.05, 0.1) is 27.3 Å². The summed E-state index contributed by atoms with van der Waals surface area (Å²) in [5, 5.41) is 8.80. The minimum atomic E-state index is 0.113. The van der Waals surface area contributed by atoms with E-state index in [4.69, 9.17) is 4.98 Å². The van der Waals surface area contributed by atoms with Crippen molar-refractivity contribution < 1.29 is 4.79 Å². The van der Waals surface area contributed by atoms with Gasteiger partial charge in [-0.2, -0.15) is 5.10 Å². The minimum Gasteiger partial charge on any atom is -0.336 e. The predicted molar refractivity (Wildman–Crippen MR) is 118 cm³/mol. The number of fused-ring (bicyclic) bond motifs is 1. The molecule has 3 aromatic heterocycles. The quantitative estimate of drug-likeness (QED) is 0.630. The first-order valence-electron chi connectivity index (χ1n) is 10.8. The van der Waals surface area contributed by atoms with Crippen molar-refractivity contribution in [3.05, 3.63) is 39.1 Å². The molecule has 2 fully saturated rings. The van der Waals surface area contributed by atoms with Crippen LogP contribution in [-0.2, 0) is 20.0 Å². The van der Waals surface area contributed by atoms with Crippen LogP contribution in [0.15, 0.2) is 11.4 Å². The molecule has 0 radical (unpaired) electrons. The summed E-state index contributed by atoms with van der Waals surface area (Å²) in [5.74, 6) is 0.612. The Balaban J connectivity index is 1.33. The lowest BCUT2D eigenvalue weighted by atomic mass is 10.1. The number of aromatic nitrogens is 4. The maximum absolute atomic E-state index is 13.5. The largest absolute Gasteiger partial charge is 0.336 e. The van der Waals surface area contributed by atoms with Crippen LogP contribution in [-0.4, -0.2) is 61.6 Å². The van der Waals surface area contributed by atoms with E-state index in [1.165, 1.54) is 5.01 Å². The van der Waals surface area contributed by atoms with Gasteiger partial charge in [0.15, 0.2) is 5.65 Å². The van der Waals surface area contributed by atoms with Crippen LogP contribution in [0.1, 0.15) is 58.1 Å². The van der Waals surface area contributed by atoms with E-state index >= 15 is 0 Å². The Morgan fingerprint density at radius 1 is 1.20 bits per heavy atom. The van der Waals surface area contributed by atoms with Crippen molar-refractivity contribution in [3.8, 4) is 0 Å². The molecule has 3 aromatic rings. The second-order valence-electron chi connectivity index (χ2n) is 8.43. The van der Waals surface area contributed by atoms with Crippen molar-refractivity contribution in [2.24, 2.45) is 7.05 Å². The molecule has 4 heterocycles. The maximum Gasteiger partial charge on any atom is 0.254 e. The first-order valence-corrected chi connectivity index (χ1v) is 11.7. The zero-order valence-corrected chi connectivity index (χ0v) is 18.7. The summed E-state index contributed by atoms with van der Waals surface area (Å²) >= 11 is 1.74. The standard InChI is InChI=1S/C22H28N6OS/c1-4-19-23-16(13-30-19)12-27-7-9-28(10-8-27)22(29)17-11-18(15-5-6-15)24-21-20(17)14(2)25-26(21)3/h11,13,15H,4-10,12H2,1-3H3. The van der Waals surface area contributed by atoms with E-state index in [9.17, 15) is 4.79 Å². The number of hydrogen-bond donors (Lipinski definition) is 0. The molecular weight excluding hydrogens is 396 g/mol. The lowest BCUT2D eigenvalue weighted by Gasteiger charge is -2.34. The third-order valence-electron chi connectivity index (χ3n) is 6.16. The summed E-state index contributed by atoms with van der Waals surface area (Å²) in [4.78, 5) is 27.4. The van der Waals surface area contributed by atoms with Crippen molar-refractivity contribution in [1.29, 1.82) is 0 Å². The molecule has 5 rings (SSSR count). The highest BCUT2D eigenvalue weighted by Gasteiger charge is 2.30. The Morgan fingerprint density at radius 2 is 1.97 bits per heavy atom. The summed E-state index contributed by atoms with van der Waals surface area (Å²) in [6.07, 6.45) is 3.32. The molecule has 1 saturated heterocycles. The van der Waals surface area contributed by atoms with E-state index < -0.39 is 0 Å². The Bertz CT molecular complexity index is 1090. The van der Waals surface area contributed by atoms with Gasteiger partial charge < -0.3 is 4.90 Å². The van der Waals surface area contributed by atoms with Crippen molar-refractivity contribution in [3.63, 3.8) is 0 Å². The van der Waals surface area contributed by atoms with Crippen molar-refractivity contribution in [2.75, 3.05) is 26.2 Å². The fraction of sp³-hybridized carbons (Fsp3) is 0.545. The van der Waals surface area contributed by atoms with Gasteiger partial charge in [-0.15, -0.1) is 11.3 Å². The van der Waals surface area contributed by atoms with Crippen molar-refractivity contribution in [1.82, 2.24) is 29.5 Å². The van der Waals surface area contributed by atoms with Gasteiger partial charge in [-0.3, -0.25) is 14.4 Å². The molecule has 1 aliphatic heterocycles. The number of hydrogen-bond acceptors (Lipinski definition) is 6. The number of amides is 1. The van der Waals surface area contributed by atoms with Crippen LogP contribution in [0.3, 0.4) is 0 Å². The third kappa shape index (κ3) is 3.63. The van der Waals surface area contributed by atoms with E-state index in [1.807, 2.05) is 29.6 Å². The Morgan fingerprint density at radius 3 is 2.63 bits per heavy atom. The van der Waals surface area contributed by atoms with Gasteiger partial charge in [0.2, 0.25) is 0 Å². The average Bonchev–Trinajstić information content (AvgIpc) is 3.45. The lowest BCUT2D eigenvalue weighted by Crippen LogP contribution is -2.48. The Hall–Kier alpha value is -2.32. The van der Waals surface area contributed by atoms with E-state index in [2.05, 4.69) is 27.3 Å². The smallest absolute Gasteiger partial charge is 0.254 e. The maximum atomic E-state index is 13.5. The number of pyridine rings is 1. The SMILES string of the molecule is CCc1nc(CN2CCN(C(=O)c3cc(C4CC4)nc4c3c(C)nn4C)CC2)cs1. The minimum absolute atomic E-state index is 0.113. The summed E-state index contributed by atoms with van der Waals surface area (Å²) in [7, 11) is 1.91. The highest BCUT2D eigenvalue weighted by atomic mass is 32.1. The van der Waals surface area contributed by atoms with Gasteiger partial charge in [0.1, 0.15) is 0 Å². The van der Waals surface area contributed by atoms with E-state index in [1.54, 1.807) is 11.3 Å². The molecule has 2 aliphatic rings. The number of aryl methyl sites for hydroxylation is 3. The number of piperazine rings is 1. The molecule has 1 amide bonds. The predicted octanol–water partition coefficient (Wildman–Crippen LogP) is 3.13. The van der Waals surface area contributed by atoms with Crippen LogP contribution in [0.25, 0.3) is 11.0 Å². The molecule has 8 heteroatoms. The average molecular weight is 425 g/mol. The normalized spacial score (nSPS) is 17.8. The summed E-state index contributed by atoms with van der Waals surface area (Å²) < 4.78 is 1.81. The monoisotopic (exact) mass is 424 g/mol. The van der Waals surface area contributed by atoms with Gasteiger partial charge in [0, 0.05) is 56.8 Å². The number of rotatable bonds is 5. The van der Waals surface area contributed by atoms with Crippen LogP contribution in [0.2, 0.25) is 0 Å². The summed E-state index contributed by atoms with van der Waals surface area (Å²) in [6.45, 7) is 8.21. The number of carbonyl (C=O) groups excluding carboxylic acids is 1. The van der Waals surface area contributed by atoms with Crippen molar-refractivity contribution in [2.45, 2.75) is 45.6 Å². The molecule has 0 atom stereocenters. The summed E-state index contributed by atoms with van der Waals surface area (Å²) in [5.41, 5.74) is 4.66. The fourth-order valence-electron chi connectivity index (χ4n) is 4.31. The molecule has 158 valence electrons. The number of carbonyl (C=O) groups is 1. The van der Waals surface area contributed by atoms with Gasteiger partial charge in [-0.1, -0.05) is 6.92 Å². The zero-order valence-electron chi connectivity index (χ0n) is 17.9. The van der Waals surface area contributed by atoms with E-state index in [-0.39, 0.29) is 5.91 Å². The van der Waals surface area contributed by atoms with Crippen LogP contribution >= 0.6 is 11.3 Å². The first-order chi connectivity index (χ1) is 14.5. The molecule has 7 nitrogen and oxygen atoms in total. The van der Waals surface area contributed by atoms with Gasteiger partial charge >= 0.3 is 0 Å². The molecule has 30 heavy (non-hydrogen) atoms. The van der Waals surface area contributed by atoms with E-state index in [0.717, 1.165) is 85.7 Å². The molecular formula is C22H28N6OS. The van der Waals surface area contributed by atoms with Crippen LogP contribution in [0, 0.1) is 6.92 Å². The van der Waals surface area contributed by atoms with Crippen LogP contribution in [0.5, 0.6) is 0 Å². The van der Waals surface area contributed by atoms with Gasteiger partial charge in [-0.05, 0) is 32.3 Å². The van der Waals surface area contributed by atoms with Gasteiger partial charge in [-0.25, -0.2) is 9.97 Å². The van der Waals surface area contributed by atoms with Gasteiger partial charge in [0.25, 0.3) is 5.91 Å². The van der Waals surface area contributed by atoms with Crippen molar-refractivity contribution >= 4 is 28.3 Å². The summed E-state index contributed by atoms with van der Waals surface area (Å²) in [6, 6.07) is 2.03. The fourth-order valence-corrected chi connectivity index (χ4v) is 5.05. The Kier molecular flexibility index (Phi) is 5.06. The van der Waals surface area contributed by atoms with Crippen LogP contribution < -0.4 is 0 Å². The Labute approximate surface area is 180 Å². The lowest BCUT2D eigenvalue weighted by molar-refractivity contribution is 0.0629. The van der Waals surface area contributed by atoms with E-state index in [0.29, 0.717) is 5.92 Å². The molecule has 1 saturated carbocycles. The molecule has 0 bridgehead atoms. The molecule has 0 unspecified atom stereocenters. The zero-order chi connectivity index (χ0) is 20.8. The molecule has 1 aliphatic carbocycles. The number of nitrogens with zero attached hydrogens (tertiary/aromatic N) is 6. The molecule has 0 spiro atoms. The second-order valence-corrected chi connectivity index (χ2v) is 9.37. The first kappa shape index (κ1) is 19.6. The molecule has 0 N–H and O–H groups in total. The van der Waals surface area contributed by atoms with Crippen LogP contribution in [0.4, 0.5) is 0 Å². The highest BCUT2D eigenvalue weighted by Crippen LogP contribution is 2.40. The molecule has 0 aromatic carbocycles.